The Morgan fingerprint density at radius 1 is 1.06 bits per heavy atom. The number of rotatable bonds is 3. The Hall–Kier alpha value is -0.0800. The van der Waals surface area contributed by atoms with Gasteiger partial charge < -0.3 is 9.80 Å². The molecular formula is C14H28N2. The summed E-state index contributed by atoms with van der Waals surface area (Å²) in [5, 5.41) is 0. The van der Waals surface area contributed by atoms with Crippen LogP contribution in [0.3, 0.4) is 0 Å². The van der Waals surface area contributed by atoms with E-state index in [4.69, 9.17) is 0 Å². The fourth-order valence-electron chi connectivity index (χ4n) is 3.38. The molecule has 2 rings (SSSR count). The average molecular weight is 224 g/mol. The summed E-state index contributed by atoms with van der Waals surface area (Å²) >= 11 is 0. The minimum Gasteiger partial charge on any atom is -0.303 e. The molecule has 2 aliphatic heterocycles. The van der Waals surface area contributed by atoms with Crippen molar-refractivity contribution in [2.75, 3.05) is 32.7 Å². The first-order valence-corrected chi connectivity index (χ1v) is 7.26. The lowest BCUT2D eigenvalue weighted by atomic mass is 9.95. The molecule has 2 nitrogen and oxygen atoms in total. The van der Waals surface area contributed by atoms with E-state index in [1.54, 1.807) is 0 Å². The van der Waals surface area contributed by atoms with Gasteiger partial charge in [0.25, 0.3) is 0 Å². The van der Waals surface area contributed by atoms with Gasteiger partial charge in [0.15, 0.2) is 0 Å². The van der Waals surface area contributed by atoms with Crippen LogP contribution < -0.4 is 0 Å². The molecule has 2 saturated heterocycles. The maximum absolute atomic E-state index is 2.78. The molecule has 1 unspecified atom stereocenters. The van der Waals surface area contributed by atoms with E-state index in [0.29, 0.717) is 0 Å². The largest absolute Gasteiger partial charge is 0.303 e. The quantitative estimate of drug-likeness (QED) is 0.727. The van der Waals surface area contributed by atoms with Crippen molar-refractivity contribution < 1.29 is 0 Å². The fourth-order valence-corrected chi connectivity index (χ4v) is 3.38. The van der Waals surface area contributed by atoms with Crippen molar-refractivity contribution >= 4 is 0 Å². The SMILES string of the molecule is CCCN1CCC(N2CCCC(C)C2)CC1. The Morgan fingerprint density at radius 3 is 2.44 bits per heavy atom. The maximum Gasteiger partial charge on any atom is 0.0120 e. The highest BCUT2D eigenvalue weighted by molar-refractivity contribution is 4.82. The number of hydrogen-bond donors (Lipinski definition) is 0. The van der Waals surface area contributed by atoms with Gasteiger partial charge in [-0.05, 0) is 64.2 Å². The topological polar surface area (TPSA) is 6.48 Å². The summed E-state index contributed by atoms with van der Waals surface area (Å²) in [6.45, 7) is 11.4. The third-order valence-electron chi connectivity index (χ3n) is 4.30. The summed E-state index contributed by atoms with van der Waals surface area (Å²) in [5.74, 6) is 0.933. The summed E-state index contributed by atoms with van der Waals surface area (Å²) in [6, 6.07) is 0.899. The molecule has 0 N–H and O–H groups in total. The van der Waals surface area contributed by atoms with Gasteiger partial charge in [-0.15, -0.1) is 0 Å². The monoisotopic (exact) mass is 224 g/mol. The van der Waals surface area contributed by atoms with Crippen molar-refractivity contribution in [2.45, 2.75) is 52.0 Å². The minimum atomic E-state index is 0.899. The lowest BCUT2D eigenvalue weighted by Crippen LogP contribution is -2.48. The Balaban J connectivity index is 1.75. The summed E-state index contributed by atoms with van der Waals surface area (Å²) in [6.07, 6.45) is 7.01. The van der Waals surface area contributed by atoms with E-state index < -0.39 is 0 Å². The first kappa shape index (κ1) is 12.4. The zero-order chi connectivity index (χ0) is 11.4. The van der Waals surface area contributed by atoms with Crippen LogP contribution in [0.15, 0.2) is 0 Å². The van der Waals surface area contributed by atoms with Crippen molar-refractivity contribution in [1.82, 2.24) is 9.80 Å². The molecule has 0 amide bonds. The van der Waals surface area contributed by atoms with Gasteiger partial charge in [0, 0.05) is 12.6 Å². The van der Waals surface area contributed by atoms with E-state index in [9.17, 15) is 0 Å². The van der Waals surface area contributed by atoms with Gasteiger partial charge in [0.2, 0.25) is 0 Å². The number of nitrogens with zero attached hydrogens (tertiary/aromatic N) is 2. The second kappa shape index (κ2) is 6.02. The molecule has 0 saturated carbocycles. The fraction of sp³-hybridized carbons (Fsp3) is 1.00. The molecule has 0 radical (unpaired) electrons. The Bertz CT molecular complexity index is 197. The van der Waals surface area contributed by atoms with Crippen LogP contribution in [0, 0.1) is 5.92 Å². The molecular weight excluding hydrogens is 196 g/mol. The number of likely N-dealkylation sites (tertiary alicyclic amines) is 2. The lowest BCUT2D eigenvalue weighted by Gasteiger charge is -2.41. The van der Waals surface area contributed by atoms with Crippen molar-refractivity contribution in [1.29, 1.82) is 0 Å². The lowest BCUT2D eigenvalue weighted by molar-refractivity contribution is 0.0753. The molecule has 2 aliphatic rings. The normalized spacial score (nSPS) is 30.8. The van der Waals surface area contributed by atoms with Crippen molar-refractivity contribution in [3.05, 3.63) is 0 Å². The zero-order valence-electron chi connectivity index (χ0n) is 11.1. The highest BCUT2D eigenvalue weighted by atomic mass is 15.2. The molecule has 0 aromatic carbocycles. The molecule has 16 heavy (non-hydrogen) atoms. The molecule has 0 aromatic heterocycles. The summed E-state index contributed by atoms with van der Waals surface area (Å²) < 4.78 is 0. The van der Waals surface area contributed by atoms with Gasteiger partial charge >= 0.3 is 0 Å². The smallest absolute Gasteiger partial charge is 0.0120 e. The van der Waals surface area contributed by atoms with Crippen molar-refractivity contribution in [3.8, 4) is 0 Å². The molecule has 2 fully saturated rings. The first-order valence-electron chi connectivity index (χ1n) is 7.26. The molecule has 0 aromatic rings. The predicted molar refractivity (Wildman–Crippen MR) is 69.7 cm³/mol. The zero-order valence-corrected chi connectivity index (χ0v) is 11.1. The van der Waals surface area contributed by atoms with Crippen LogP contribution in [0.1, 0.15) is 46.0 Å². The Morgan fingerprint density at radius 2 is 1.81 bits per heavy atom. The van der Waals surface area contributed by atoms with Crippen LogP contribution in [0.4, 0.5) is 0 Å². The summed E-state index contributed by atoms with van der Waals surface area (Å²) in [7, 11) is 0. The van der Waals surface area contributed by atoms with E-state index in [1.165, 1.54) is 64.8 Å². The number of piperidine rings is 2. The molecule has 1 atom stereocenters. The van der Waals surface area contributed by atoms with E-state index in [0.717, 1.165) is 12.0 Å². The first-order chi connectivity index (χ1) is 7.79. The predicted octanol–water partition coefficient (Wildman–Crippen LogP) is 2.59. The van der Waals surface area contributed by atoms with Crippen LogP contribution in [-0.4, -0.2) is 48.6 Å². The van der Waals surface area contributed by atoms with Crippen molar-refractivity contribution in [2.24, 2.45) is 5.92 Å². The highest BCUT2D eigenvalue weighted by Crippen LogP contribution is 2.23. The van der Waals surface area contributed by atoms with Crippen LogP contribution in [0.25, 0.3) is 0 Å². The van der Waals surface area contributed by atoms with E-state index in [1.807, 2.05) is 0 Å². The van der Waals surface area contributed by atoms with Crippen LogP contribution in [0.2, 0.25) is 0 Å². The average Bonchev–Trinajstić information content (AvgIpc) is 2.30. The molecule has 0 aliphatic carbocycles. The molecule has 94 valence electrons. The van der Waals surface area contributed by atoms with Crippen molar-refractivity contribution in [3.63, 3.8) is 0 Å². The molecule has 2 heterocycles. The molecule has 0 spiro atoms. The van der Waals surface area contributed by atoms with E-state index >= 15 is 0 Å². The van der Waals surface area contributed by atoms with Gasteiger partial charge in [-0.3, -0.25) is 0 Å². The van der Waals surface area contributed by atoms with Crippen LogP contribution in [0.5, 0.6) is 0 Å². The van der Waals surface area contributed by atoms with E-state index in [-0.39, 0.29) is 0 Å². The van der Waals surface area contributed by atoms with E-state index in [2.05, 4.69) is 23.6 Å². The number of hydrogen-bond acceptors (Lipinski definition) is 2. The Kier molecular flexibility index (Phi) is 4.66. The van der Waals surface area contributed by atoms with Gasteiger partial charge in [-0.1, -0.05) is 13.8 Å². The third kappa shape index (κ3) is 3.21. The third-order valence-corrected chi connectivity index (χ3v) is 4.30. The standard InChI is InChI=1S/C14H28N2/c1-3-8-15-10-6-14(7-11-15)16-9-4-5-13(2)12-16/h13-14H,3-12H2,1-2H3. The maximum atomic E-state index is 2.78. The van der Waals surface area contributed by atoms with Crippen LogP contribution >= 0.6 is 0 Å². The second-order valence-corrected chi connectivity index (χ2v) is 5.82. The highest BCUT2D eigenvalue weighted by Gasteiger charge is 2.26. The van der Waals surface area contributed by atoms with Crippen LogP contribution in [-0.2, 0) is 0 Å². The Labute approximate surface area is 101 Å². The molecule has 0 bridgehead atoms. The van der Waals surface area contributed by atoms with Gasteiger partial charge in [0.1, 0.15) is 0 Å². The van der Waals surface area contributed by atoms with Gasteiger partial charge in [-0.25, -0.2) is 0 Å². The van der Waals surface area contributed by atoms with Gasteiger partial charge in [0.05, 0.1) is 0 Å². The summed E-state index contributed by atoms with van der Waals surface area (Å²) in [5.41, 5.74) is 0. The molecule has 2 heteroatoms. The minimum absolute atomic E-state index is 0.899. The summed E-state index contributed by atoms with van der Waals surface area (Å²) in [4.78, 5) is 5.42. The van der Waals surface area contributed by atoms with Gasteiger partial charge in [-0.2, -0.15) is 0 Å². The second-order valence-electron chi connectivity index (χ2n) is 5.82.